The number of aromatic nitrogens is 4. The summed E-state index contributed by atoms with van der Waals surface area (Å²) in [6, 6.07) is 0.422. The van der Waals surface area contributed by atoms with E-state index in [1.165, 1.54) is 31.0 Å². The zero-order valence-corrected chi connectivity index (χ0v) is 14.9. The van der Waals surface area contributed by atoms with E-state index in [4.69, 9.17) is 0 Å². The largest absolute Gasteiger partial charge is 0.339 e. The summed E-state index contributed by atoms with van der Waals surface area (Å²) in [7, 11) is 0. The molecule has 1 saturated carbocycles. The van der Waals surface area contributed by atoms with Crippen molar-refractivity contribution in [2.24, 2.45) is 0 Å². The van der Waals surface area contributed by atoms with Gasteiger partial charge in [0.2, 0.25) is 11.1 Å². The fourth-order valence-corrected chi connectivity index (χ4v) is 3.88. The van der Waals surface area contributed by atoms with Gasteiger partial charge in [0.25, 0.3) is 0 Å². The van der Waals surface area contributed by atoms with Crippen LogP contribution in [0, 0.1) is 0 Å². The van der Waals surface area contributed by atoms with Gasteiger partial charge in [-0.25, -0.2) is 4.68 Å². The van der Waals surface area contributed by atoms with Gasteiger partial charge in [-0.1, -0.05) is 31.0 Å². The van der Waals surface area contributed by atoms with Gasteiger partial charge >= 0.3 is 0 Å². The monoisotopic (exact) mass is 325 g/mol. The summed E-state index contributed by atoms with van der Waals surface area (Å²) in [5.41, 5.74) is -0.178. The second kappa shape index (κ2) is 7.44. The number of rotatable bonds is 5. The van der Waals surface area contributed by atoms with Gasteiger partial charge in [-0.05, 0) is 51.0 Å². The van der Waals surface area contributed by atoms with Crippen molar-refractivity contribution in [2.45, 2.75) is 76.5 Å². The maximum atomic E-state index is 12.6. The molecule has 0 N–H and O–H groups in total. The van der Waals surface area contributed by atoms with Gasteiger partial charge in [0.1, 0.15) is 0 Å². The lowest BCUT2D eigenvalue weighted by Gasteiger charge is -2.33. The third-order valence-corrected chi connectivity index (χ3v) is 4.98. The molecule has 1 aliphatic rings. The number of hydrogen-bond donors (Lipinski definition) is 0. The minimum Gasteiger partial charge on any atom is -0.339 e. The quantitative estimate of drug-likeness (QED) is 0.779. The van der Waals surface area contributed by atoms with E-state index >= 15 is 0 Å². The van der Waals surface area contributed by atoms with Crippen LogP contribution in [-0.2, 0) is 10.3 Å². The van der Waals surface area contributed by atoms with Crippen LogP contribution in [0.3, 0.4) is 0 Å². The summed E-state index contributed by atoms with van der Waals surface area (Å²) in [6.45, 7) is 9.01. The highest BCUT2D eigenvalue weighted by Gasteiger charge is 2.25. The first-order valence-electron chi connectivity index (χ1n) is 8.14. The number of hydrogen-bond acceptors (Lipinski definition) is 5. The Labute approximate surface area is 137 Å². The molecule has 0 saturated heterocycles. The van der Waals surface area contributed by atoms with E-state index < -0.39 is 0 Å². The molecule has 7 heteroatoms. The van der Waals surface area contributed by atoms with Gasteiger partial charge in [0, 0.05) is 12.6 Å². The van der Waals surface area contributed by atoms with Crippen LogP contribution in [-0.4, -0.2) is 49.4 Å². The maximum Gasteiger partial charge on any atom is 0.233 e. The first-order valence-corrected chi connectivity index (χ1v) is 9.13. The van der Waals surface area contributed by atoms with Crippen LogP contribution < -0.4 is 0 Å². The van der Waals surface area contributed by atoms with Crippen LogP contribution in [0.1, 0.15) is 59.8 Å². The summed E-state index contributed by atoms with van der Waals surface area (Å²) in [4.78, 5) is 14.6. The molecule has 1 amide bonds. The van der Waals surface area contributed by atoms with E-state index in [-0.39, 0.29) is 11.4 Å². The Morgan fingerprint density at radius 2 is 2.00 bits per heavy atom. The summed E-state index contributed by atoms with van der Waals surface area (Å²) in [5, 5.41) is 12.5. The minimum atomic E-state index is -0.178. The van der Waals surface area contributed by atoms with Gasteiger partial charge in [-0.2, -0.15) is 0 Å². The van der Waals surface area contributed by atoms with Crippen molar-refractivity contribution in [3.63, 3.8) is 0 Å². The molecular formula is C15H27N5OS. The standard InChI is InChI=1S/C15H27N5OS/c1-5-19(12-9-7-6-8-10-12)13(21)11-22-14-16-17-18-20(14)15(2,3)4/h12H,5-11H2,1-4H3. The van der Waals surface area contributed by atoms with E-state index in [1.807, 2.05) is 4.90 Å². The van der Waals surface area contributed by atoms with E-state index in [2.05, 4.69) is 43.2 Å². The highest BCUT2D eigenvalue weighted by molar-refractivity contribution is 7.99. The summed E-state index contributed by atoms with van der Waals surface area (Å²) >= 11 is 1.43. The molecule has 0 bridgehead atoms. The third kappa shape index (κ3) is 4.21. The normalized spacial score (nSPS) is 16.7. The lowest BCUT2D eigenvalue weighted by Crippen LogP contribution is -2.42. The summed E-state index contributed by atoms with van der Waals surface area (Å²) in [6.07, 6.45) is 6.07. The molecule has 6 nitrogen and oxygen atoms in total. The fourth-order valence-electron chi connectivity index (χ4n) is 2.93. The Morgan fingerprint density at radius 1 is 1.32 bits per heavy atom. The van der Waals surface area contributed by atoms with Crippen molar-refractivity contribution in [2.75, 3.05) is 12.3 Å². The van der Waals surface area contributed by atoms with Crippen LogP contribution in [0.5, 0.6) is 0 Å². The molecule has 124 valence electrons. The number of amides is 1. The number of carbonyl (C=O) groups excluding carboxylic acids is 1. The van der Waals surface area contributed by atoms with Crippen molar-refractivity contribution >= 4 is 17.7 Å². The first kappa shape index (κ1) is 17.2. The first-order chi connectivity index (χ1) is 10.4. The van der Waals surface area contributed by atoms with Gasteiger partial charge in [0.15, 0.2) is 0 Å². The molecule has 0 radical (unpaired) electrons. The Balaban J connectivity index is 1.95. The lowest BCUT2D eigenvalue weighted by atomic mass is 9.94. The molecule has 1 heterocycles. The van der Waals surface area contributed by atoms with Gasteiger partial charge in [-0.3, -0.25) is 4.79 Å². The molecule has 0 spiro atoms. The van der Waals surface area contributed by atoms with Crippen molar-refractivity contribution < 1.29 is 4.79 Å². The second-order valence-electron chi connectivity index (χ2n) is 6.80. The van der Waals surface area contributed by atoms with E-state index in [0.29, 0.717) is 17.0 Å². The number of nitrogens with zero attached hydrogens (tertiary/aromatic N) is 5. The molecule has 0 aromatic carbocycles. The molecule has 1 aromatic heterocycles. The second-order valence-corrected chi connectivity index (χ2v) is 7.75. The highest BCUT2D eigenvalue weighted by atomic mass is 32.2. The maximum absolute atomic E-state index is 12.6. The summed E-state index contributed by atoms with van der Waals surface area (Å²) in [5.74, 6) is 0.601. The van der Waals surface area contributed by atoms with Crippen LogP contribution in [0.2, 0.25) is 0 Å². The molecule has 1 fully saturated rings. The van der Waals surface area contributed by atoms with Gasteiger partial charge in [0.05, 0.1) is 11.3 Å². The van der Waals surface area contributed by atoms with Crippen LogP contribution >= 0.6 is 11.8 Å². The van der Waals surface area contributed by atoms with E-state index in [0.717, 1.165) is 19.4 Å². The molecule has 1 aliphatic carbocycles. The zero-order valence-electron chi connectivity index (χ0n) is 14.1. The smallest absolute Gasteiger partial charge is 0.233 e. The fraction of sp³-hybridized carbons (Fsp3) is 0.867. The molecule has 0 atom stereocenters. The third-order valence-electron chi connectivity index (χ3n) is 4.08. The van der Waals surface area contributed by atoms with Gasteiger partial charge < -0.3 is 4.90 Å². The number of tetrazole rings is 1. The Morgan fingerprint density at radius 3 is 2.59 bits per heavy atom. The summed E-state index contributed by atoms with van der Waals surface area (Å²) < 4.78 is 1.78. The SMILES string of the molecule is CCN(C(=O)CSc1nnnn1C(C)(C)C)C1CCCCC1. The predicted molar refractivity (Wildman–Crippen MR) is 87.8 cm³/mol. The van der Waals surface area contributed by atoms with E-state index in [9.17, 15) is 4.79 Å². The average Bonchev–Trinajstić information content (AvgIpc) is 2.95. The Kier molecular flexibility index (Phi) is 5.83. The Hall–Kier alpha value is -1.11. The van der Waals surface area contributed by atoms with Crippen molar-refractivity contribution in [1.82, 2.24) is 25.1 Å². The molecule has 2 rings (SSSR count). The topological polar surface area (TPSA) is 63.9 Å². The van der Waals surface area contributed by atoms with Crippen molar-refractivity contribution in [1.29, 1.82) is 0 Å². The van der Waals surface area contributed by atoms with Crippen LogP contribution in [0.15, 0.2) is 5.16 Å². The van der Waals surface area contributed by atoms with Crippen LogP contribution in [0.4, 0.5) is 0 Å². The molecule has 1 aromatic rings. The van der Waals surface area contributed by atoms with E-state index in [1.54, 1.807) is 4.68 Å². The Bertz CT molecular complexity index is 490. The molecule has 0 aliphatic heterocycles. The number of thioether (sulfide) groups is 1. The molecule has 22 heavy (non-hydrogen) atoms. The van der Waals surface area contributed by atoms with Crippen molar-refractivity contribution in [3.8, 4) is 0 Å². The molecular weight excluding hydrogens is 298 g/mol. The van der Waals surface area contributed by atoms with Crippen molar-refractivity contribution in [3.05, 3.63) is 0 Å². The zero-order chi connectivity index (χ0) is 16.2. The lowest BCUT2D eigenvalue weighted by molar-refractivity contribution is -0.131. The number of carbonyl (C=O) groups is 1. The highest BCUT2D eigenvalue weighted by Crippen LogP contribution is 2.25. The van der Waals surface area contributed by atoms with Crippen LogP contribution in [0.25, 0.3) is 0 Å². The predicted octanol–water partition coefficient (Wildman–Crippen LogP) is 2.70. The van der Waals surface area contributed by atoms with Gasteiger partial charge in [-0.15, -0.1) is 5.10 Å². The molecule has 0 unspecified atom stereocenters. The minimum absolute atomic E-state index is 0.178. The average molecular weight is 325 g/mol.